The number of aromatic nitrogens is 2. The van der Waals surface area contributed by atoms with Crippen molar-refractivity contribution in [3.8, 4) is 6.07 Å². The molecule has 80 valence electrons. The average Bonchev–Trinajstić information content (AvgIpc) is 2.96. The molecule has 1 aliphatic heterocycles. The van der Waals surface area contributed by atoms with E-state index in [9.17, 15) is 0 Å². The number of thioether (sulfide) groups is 1. The first-order valence-corrected chi connectivity index (χ1v) is 6.43. The van der Waals surface area contributed by atoms with Gasteiger partial charge in [-0.05, 0) is 30.7 Å². The molecule has 0 radical (unpaired) electrons. The second-order valence-electron chi connectivity index (χ2n) is 3.94. The van der Waals surface area contributed by atoms with Gasteiger partial charge in [-0.2, -0.15) is 17.0 Å². The van der Waals surface area contributed by atoms with Gasteiger partial charge in [0.2, 0.25) is 0 Å². The molecule has 4 heteroatoms. The Morgan fingerprint density at radius 3 is 3.19 bits per heavy atom. The number of hydrogen-bond donors (Lipinski definition) is 1. The second-order valence-corrected chi connectivity index (χ2v) is 5.25. The second kappa shape index (κ2) is 3.84. The first kappa shape index (κ1) is 9.73. The summed E-state index contributed by atoms with van der Waals surface area (Å²) in [5, 5.41) is 9.49. The molecule has 0 saturated carbocycles. The Bertz CT molecular complexity index is 561. The first-order chi connectivity index (χ1) is 7.88. The fourth-order valence-corrected chi connectivity index (χ4v) is 3.31. The average molecular weight is 229 g/mol. The molecule has 3 rings (SSSR count). The largest absolute Gasteiger partial charge is 0.341 e. The Morgan fingerprint density at radius 1 is 1.50 bits per heavy atom. The van der Waals surface area contributed by atoms with Gasteiger partial charge in [-0.1, -0.05) is 6.07 Å². The minimum atomic E-state index is 0.485. The third-order valence-corrected chi connectivity index (χ3v) is 4.27. The van der Waals surface area contributed by atoms with E-state index >= 15 is 0 Å². The number of fused-ring (bicyclic) bond motifs is 1. The molecule has 1 aliphatic rings. The molecule has 1 saturated heterocycles. The molecule has 1 fully saturated rings. The van der Waals surface area contributed by atoms with Crippen molar-refractivity contribution in [3.05, 3.63) is 29.6 Å². The van der Waals surface area contributed by atoms with Gasteiger partial charge in [0, 0.05) is 0 Å². The topological polar surface area (TPSA) is 52.5 Å². The highest BCUT2D eigenvalue weighted by molar-refractivity contribution is 7.99. The monoisotopic (exact) mass is 229 g/mol. The van der Waals surface area contributed by atoms with Crippen LogP contribution in [0.25, 0.3) is 11.0 Å². The van der Waals surface area contributed by atoms with Crippen molar-refractivity contribution in [2.75, 3.05) is 5.75 Å². The van der Waals surface area contributed by atoms with E-state index in [1.807, 2.05) is 30.0 Å². The number of para-hydroxylation sites is 1. The number of nitriles is 1. The predicted molar refractivity (Wildman–Crippen MR) is 65.2 cm³/mol. The molecule has 2 heterocycles. The van der Waals surface area contributed by atoms with Crippen molar-refractivity contribution in [3.63, 3.8) is 0 Å². The summed E-state index contributed by atoms with van der Waals surface area (Å²) in [6.07, 6.45) is 2.45. The number of H-pyrrole nitrogens is 1. The Hall–Kier alpha value is -1.47. The molecule has 0 bridgehead atoms. The van der Waals surface area contributed by atoms with Crippen molar-refractivity contribution in [2.24, 2.45) is 0 Å². The van der Waals surface area contributed by atoms with E-state index in [-0.39, 0.29) is 0 Å². The molecule has 3 nitrogen and oxygen atoms in total. The van der Waals surface area contributed by atoms with Crippen LogP contribution in [0.3, 0.4) is 0 Å². The van der Waals surface area contributed by atoms with Crippen molar-refractivity contribution in [2.45, 2.75) is 18.1 Å². The number of imidazole rings is 1. The Morgan fingerprint density at radius 2 is 2.44 bits per heavy atom. The lowest BCUT2D eigenvalue weighted by Gasteiger charge is -2.01. The zero-order valence-electron chi connectivity index (χ0n) is 8.73. The van der Waals surface area contributed by atoms with Crippen LogP contribution < -0.4 is 0 Å². The van der Waals surface area contributed by atoms with Crippen LogP contribution >= 0.6 is 11.8 Å². The first-order valence-electron chi connectivity index (χ1n) is 5.39. The van der Waals surface area contributed by atoms with Gasteiger partial charge < -0.3 is 4.98 Å². The maximum atomic E-state index is 9.00. The minimum Gasteiger partial charge on any atom is -0.341 e. The van der Waals surface area contributed by atoms with Crippen LogP contribution in [0, 0.1) is 11.3 Å². The molecule has 1 unspecified atom stereocenters. The number of nitrogens with zero attached hydrogens (tertiary/aromatic N) is 2. The lowest BCUT2D eigenvalue weighted by molar-refractivity contribution is 0.793. The lowest BCUT2D eigenvalue weighted by atomic mass is 10.2. The highest BCUT2D eigenvalue weighted by Gasteiger charge is 2.21. The molecule has 0 spiro atoms. The number of benzene rings is 1. The molecule has 1 aromatic carbocycles. The van der Waals surface area contributed by atoms with Crippen molar-refractivity contribution in [1.29, 1.82) is 5.26 Å². The van der Waals surface area contributed by atoms with Gasteiger partial charge in [-0.15, -0.1) is 0 Å². The SMILES string of the molecule is N#Cc1cccc2[nH]c(C3CCCS3)nc12. The van der Waals surface area contributed by atoms with Crippen LogP contribution in [-0.2, 0) is 0 Å². The van der Waals surface area contributed by atoms with Gasteiger partial charge in [0.1, 0.15) is 17.4 Å². The molecule has 1 aromatic heterocycles. The van der Waals surface area contributed by atoms with Gasteiger partial charge in [0.05, 0.1) is 16.3 Å². The summed E-state index contributed by atoms with van der Waals surface area (Å²) in [7, 11) is 0. The summed E-state index contributed by atoms with van der Waals surface area (Å²) < 4.78 is 0. The number of nitrogens with one attached hydrogen (secondary N) is 1. The lowest BCUT2D eigenvalue weighted by Crippen LogP contribution is -1.90. The normalized spacial score (nSPS) is 20.1. The summed E-state index contributed by atoms with van der Waals surface area (Å²) in [5.41, 5.74) is 2.44. The minimum absolute atomic E-state index is 0.485. The van der Waals surface area contributed by atoms with E-state index in [0.717, 1.165) is 16.9 Å². The van der Waals surface area contributed by atoms with Gasteiger partial charge in [-0.3, -0.25) is 0 Å². The standard InChI is InChI=1S/C12H11N3S/c13-7-8-3-1-4-9-11(8)15-12(14-9)10-5-2-6-16-10/h1,3-4,10H,2,5-6H2,(H,14,15). The van der Waals surface area contributed by atoms with Crippen molar-refractivity contribution in [1.82, 2.24) is 9.97 Å². The zero-order chi connectivity index (χ0) is 11.0. The predicted octanol–water partition coefficient (Wildman–Crippen LogP) is 3.00. The summed E-state index contributed by atoms with van der Waals surface area (Å²) in [6.45, 7) is 0. The van der Waals surface area contributed by atoms with Gasteiger partial charge in [-0.25, -0.2) is 4.98 Å². The molecule has 16 heavy (non-hydrogen) atoms. The van der Waals surface area contributed by atoms with Crippen molar-refractivity contribution >= 4 is 22.8 Å². The van der Waals surface area contributed by atoms with E-state index in [2.05, 4.69) is 16.0 Å². The van der Waals surface area contributed by atoms with Crippen LogP contribution in [0.5, 0.6) is 0 Å². The quantitative estimate of drug-likeness (QED) is 0.817. The molecular formula is C12H11N3S. The van der Waals surface area contributed by atoms with E-state index in [0.29, 0.717) is 10.8 Å². The van der Waals surface area contributed by atoms with E-state index < -0.39 is 0 Å². The van der Waals surface area contributed by atoms with E-state index in [4.69, 9.17) is 5.26 Å². The maximum absolute atomic E-state index is 9.00. The molecular weight excluding hydrogens is 218 g/mol. The highest BCUT2D eigenvalue weighted by Crippen LogP contribution is 2.39. The van der Waals surface area contributed by atoms with Gasteiger partial charge in [0.25, 0.3) is 0 Å². The van der Waals surface area contributed by atoms with E-state index in [1.165, 1.54) is 18.6 Å². The molecule has 1 atom stereocenters. The molecule has 1 N–H and O–H groups in total. The van der Waals surface area contributed by atoms with Gasteiger partial charge >= 0.3 is 0 Å². The van der Waals surface area contributed by atoms with Crippen LogP contribution in [-0.4, -0.2) is 15.7 Å². The van der Waals surface area contributed by atoms with Crippen molar-refractivity contribution < 1.29 is 0 Å². The summed E-state index contributed by atoms with van der Waals surface area (Å²) in [6, 6.07) is 7.87. The third kappa shape index (κ3) is 1.48. The summed E-state index contributed by atoms with van der Waals surface area (Å²) in [5.74, 6) is 2.24. The molecule has 0 aliphatic carbocycles. The Balaban J connectivity index is 2.12. The fourth-order valence-electron chi connectivity index (χ4n) is 2.09. The van der Waals surface area contributed by atoms with Crippen LogP contribution in [0.2, 0.25) is 0 Å². The highest BCUT2D eigenvalue weighted by atomic mass is 32.2. The summed E-state index contributed by atoms with van der Waals surface area (Å²) in [4.78, 5) is 7.90. The number of rotatable bonds is 1. The maximum Gasteiger partial charge on any atom is 0.120 e. The molecule has 0 amide bonds. The zero-order valence-corrected chi connectivity index (χ0v) is 9.55. The van der Waals surface area contributed by atoms with Gasteiger partial charge in [0.15, 0.2) is 0 Å². The smallest absolute Gasteiger partial charge is 0.120 e. The Kier molecular flexibility index (Phi) is 2.33. The van der Waals surface area contributed by atoms with Crippen LogP contribution in [0.4, 0.5) is 0 Å². The fraction of sp³-hybridized carbons (Fsp3) is 0.333. The number of aromatic amines is 1. The molecule has 2 aromatic rings. The van der Waals surface area contributed by atoms with Crippen LogP contribution in [0.15, 0.2) is 18.2 Å². The number of hydrogen-bond acceptors (Lipinski definition) is 3. The Labute approximate surface area is 97.9 Å². The summed E-state index contributed by atoms with van der Waals surface area (Å²) >= 11 is 1.95. The van der Waals surface area contributed by atoms with E-state index in [1.54, 1.807) is 0 Å². The third-order valence-electron chi connectivity index (χ3n) is 2.89. The van der Waals surface area contributed by atoms with Crippen LogP contribution in [0.1, 0.15) is 29.5 Å².